The van der Waals surface area contributed by atoms with Crippen LogP contribution < -0.4 is 0 Å². The van der Waals surface area contributed by atoms with E-state index in [2.05, 4.69) is 59.8 Å². The molecule has 1 aliphatic heterocycles. The van der Waals surface area contributed by atoms with E-state index in [4.69, 9.17) is 0 Å². The number of benzene rings is 1. The maximum atomic E-state index is 9.34. The lowest BCUT2D eigenvalue weighted by atomic mass is 9.83. The third-order valence-corrected chi connectivity index (χ3v) is 4.63. The summed E-state index contributed by atoms with van der Waals surface area (Å²) in [5.74, 6) is 0. The summed E-state index contributed by atoms with van der Waals surface area (Å²) in [4.78, 5) is 2.42. The van der Waals surface area contributed by atoms with Crippen molar-refractivity contribution in [2.24, 2.45) is 5.41 Å². The van der Waals surface area contributed by atoms with Gasteiger partial charge in [0.05, 0.1) is 11.5 Å². The van der Waals surface area contributed by atoms with E-state index in [1.807, 2.05) is 0 Å². The molecule has 2 heterocycles. The first-order valence-corrected chi connectivity index (χ1v) is 7.85. The first-order valence-electron chi connectivity index (χ1n) is 7.85. The van der Waals surface area contributed by atoms with Crippen LogP contribution >= 0.6 is 0 Å². The van der Waals surface area contributed by atoms with Gasteiger partial charge in [0.15, 0.2) is 0 Å². The van der Waals surface area contributed by atoms with Crippen molar-refractivity contribution in [1.82, 2.24) is 9.47 Å². The number of nitriles is 1. The number of hydrogen-bond donors (Lipinski definition) is 0. The van der Waals surface area contributed by atoms with Crippen molar-refractivity contribution in [2.45, 2.75) is 39.8 Å². The van der Waals surface area contributed by atoms with Gasteiger partial charge in [-0.15, -0.1) is 0 Å². The van der Waals surface area contributed by atoms with Gasteiger partial charge >= 0.3 is 0 Å². The average molecular weight is 281 g/mol. The molecule has 0 amide bonds. The van der Waals surface area contributed by atoms with Crippen LogP contribution in [0.5, 0.6) is 0 Å². The van der Waals surface area contributed by atoms with Crippen molar-refractivity contribution >= 4 is 10.9 Å². The van der Waals surface area contributed by atoms with Gasteiger partial charge in [0.2, 0.25) is 0 Å². The number of likely N-dealkylation sites (tertiary alicyclic amines) is 1. The minimum Gasteiger partial charge on any atom is -0.348 e. The predicted molar refractivity (Wildman–Crippen MR) is 85.8 cm³/mol. The van der Waals surface area contributed by atoms with E-state index in [1.54, 1.807) is 0 Å². The van der Waals surface area contributed by atoms with Crippen LogP contribution in [0.25, 0.3) is 10.9 Å². The second-order valence-electron chi connectivity index (χ2n) is 6.48. The molecule has 1 aromatic carbocycles. The van der Waals surface area contributed by atoms with E-state index < -0.39 is 0 Å². The van der Waals surface area contributed by atoms with E-state index in [9.17, 15) is 5.26 Å². The third kappa shape index (κ3) is 2.82. The molecule has 0 aliphatic carbocycles. The second-order valence-corrected chi connectivity index (χ2v) is 6.48. The molecule has 0 N–H and O–H groups in total. The van der Waals surface area contributed by atoms with Crippen molar-refractivity contribution in [3.63, 3.8) is 0 Å². The average Bonchev–Trinajstić information content (AvgIpc) is 2.90. The maximum absolute atomic E-state index is 9.34. The van der Waals surface area contributed by atoms with Crippen molar-refractivity contribution in [1.29, 1.82) is 5.26 Å². The Bertz CT molecular complexity index is 679. The van der Waals surface area contributed by atoms with E-state index >= 15 is 0 Å². The lowest BCUT2D eigenvalue weighted by molar-refractivity contribution is 0.137. The summed E-state index contributed by atoms with van der Waals surface area (Å²) in [5, 5.41) is 10.6. The number of rotatable bonds is 3. The Morgan fingerprint density at radius 2 is 2.19 bits per heavy atom. The van der Waals surface area contributed by atoms with Crippen LogP contribution in [0.3, 0.4) is 0 Å². The van der Waals surface area contributed by atoms with E-state index in [0.29, 0.717) is 0 Å². The first kappa shape index (κ1) is 14.2. The summed E-state index contributed by atoms with van der Waals surface area (Å²) in [6.45, 7) is 8.20. The highest BCUT2D eigenvalue weighted by atomic mass is 15.1. The number of nitrogens with zero attached hydrogens (tertiary/aromatic N) is 3. The third-order valence-electron chi connectivity index (χ3n) is 4.63. The molecule has 110 valence electrons. The Morgan fingerprint density at radius 1 is 1.33 bits per heavy atom. The van der Waals surface area contributed by atoms with Gasteiger partial charge in [-0.05, 0) is 56.3 Å². The quantitative estimate of drug-likeness (QED) is 0.857. The number of piperidine rings is 1. The Kier molecular flexibility index (Phi) is 3.73. The molecule has 0 bridgehead atoms. The Hall–Kier alpha value is -1.79. The molecule has 3 rings (SSSR count). The molecule has 0 spiro atoms. The van der Waals surface area contributed by atoms with Crippen LogP contribution in [-0.4, -0.2) is 22.6 Å². The van der Waals surface area contributed by atoms with Gasteiger partial charge in [-0.2, -0.15) is 5.26 Å². The summed E-state index contributed by atoms with van der Waals surface area (Å²) in [5.41, 5.74) is 2.49. The molecule has 1 aliphatic rings. The molecule has 1 saturated heterocycles. The summed E-state index contributed by atoms with van der Waals surface area (Å²) in [7, 11) is 0. The van der Waals surface area contributed by atoms with Gasteiger partial charge in [-0.1, -0.05) is 12.1 Å². The van der Waals surface area contributed by atoms with Crippen molar-refractivity contribution in [3.05, 3.63) is 36.0 Å². The molecule has 0 unspecified atom stereocenters. The normalized spacial score (nSPS) is 23.3. The zero-order valence-corrected chi connectivity index (χ0v) is 13.0. The standard InChI is InChI=1S/C18H23N3/c1-3-21-10-7-16-6-5-15(11-17(16)21)12-20-9-4-8-18(2,13-19)14-20/h5-7,10-11H,3-4,8-9,12,14H2,1-2H3/t18-/m1/s1. The molecule has 3 heteroatoms. The molecular weight excluding hydrogens is 258 g/mol. The molecular formula is C18H23N3. The number of hydrogen-bond acceptors (Lipinski definition) is 2. The molecule has 21 heavy (non-hydrogen) atoms. The Labute approximate surface area is 126 Å². The lowest BCUT2D eigenvalue weighted by Crippen LogP contribution is -2.40. The summed E-state index contributed by atoms with van der Waals surface area (Å²) in [6.07, 6.45) is 4.30. The molecule has 3 nitrogen and oxygen atoms in total. The number of aryl methyl sites for hydroxylation is 1. The van der Waals surface area contributed by atoms with Gasteiger partial charge in [-0.3, -0.25) is 4.90 Å². The van der Waals surface area contributed by atoms with Gasteiger partial charge in [-0.25, -0.2) is 0 Å². The van der Waals surface area contributed by atoms with Gasteiger partial charge in [0, 0.05) is 31.3 Å². The zero-order chi connectivity index (χ0) is 14.9. The van der Waals surface area contributed by atoms with Crippen molar-refractivity contribution in [2.75, 3.05) is 13.1 Å². The summed E-state index contributed by atoms with van der Waals surface area (Å²) >= 11 is 0. The fourth-order valence-electron chi connectivity index (χ4n) is 3.43. The van der Waals surface area contributed by atoms with E-state index in [0.717, 1.165) is 39.0 Å². The molecule has 0 saturated carbocycles. The Morgan fingerprint density at radius 3 is 2.95 bits per heavy atom. The minimum atomic E-state index is -0.175. The lowest BCUT2D eigenvalue weighted by Gasteiger charge is -2.36. The fraction of sp³-hybridized carbons (Fsp3) is 0.500. The first-order chi connectivity index (χ1) is 10.1. The van der Waals surface area contributed by atoms with Gasteiger partial charge < -0.3 is 4.57 Å². The second kappa shape index (κ2) is 5.54. The van der Waals surface area contributed by atoms with Crippen molar-refractivity contribution in [3.8, 4) is 6.07 Å². The molecule has 1 fully saturated rings. The molecule has 2 aromatic rings. The number of aromatic nitrogens is 1. The maximum Gasteiger partial charge on any atom is 0.0700 e. The summed E-state index contributed by atoms with van der Waals surface area (Å²) in [6, 6.07) is 11.4. The number of fused-ring (bicyclic) bond motifs is 1. The van der Waals surface area contributed by atoms with Gasteiger partial charge in [0.1, 0.15) is 0 Å². The topological polar surface area (TPSA) is 32.0 Å². The van der Waals surface area contributed by atoms with Crippen LogP contribution in [-0.2, 0) is 13.1 Å². The minimum absolute atomic E-state index is 0.175. The highest BCUT2D eigenvalue weighted by Gasteiger charge is 2.30. The Balaban J connectivity index is 1.80. The van der Waals surface area contributed by atoms with Crippen LogP contribution in [0, 0.1) is 16.7 Å². The molecule has 0 radical (unpaired) electrons. The SMILES string of the molecule is CCn1ccc2ccc(CN3CCC[C@](C)(C#N)C3)cc21. The van der Waals surface area contributed by atoms with Crippen LogP contribution in [0.4, 0.5) is 0 Å². The van der Waals surface area contributed by atoms with Gasteiger partial charge in [0.25, 0.3) is 0 Å². The van der Waals surface area contributed by atoms with Crippen LogP contribution in [0.1, 0.15) is 32.3 Å². The van der Waals surface area contributed by atoms with E-state index in [-0.39, 0.29) is 5.41 Å². The molecule has 1 atom stereocenters. The van der Waals surface area contributed by atoms with Crippen LogP contribution in [0.15, 0.2) is 30.5 Å². The highest BCUT2D eigenvalue weighted by molar-refractivity contribution is 5.80. The highest BCUT2D eigenvalue weighted by Crippen LogP contribution is 2.29. The largest absolute Gasteiger partial charge is 0.348 e. The van der Waals surface area contributed by atoms with E-state index in [1.165, 1.54) is 16.5 Å². The fourth-order valence-corrected chi connectivity index (χ4v) is 3.43. The predicted octanol–water partition coefficient (Wildman–Crippen LogP) is 3.79. The van der Waals surface area contributed by atoms with Crippen molar-refractivity contribution < 1.29 is 0 Å². The monoisotopic (exact) mass is 281 g/mol. The molecule has 1 aromatic heterocycles. The summed E-state index contributed by atoms with van der Waals surface area (Å²) < 4.78 is 2.29. The van der Waals surface area contributed by atoms with Crippen LogP contribution in [0.2, 0.25) is 0 Å². The smallest absolute Gasteiger partial charge is 0.0700 e. The zero-order valence-electron chi connectivity index (χ0n) is 13.0.